The van der Waals surface area contributed by atoms with E-state index >= 15 is 0 Å². The third kappa shape index (κ3) is 3.58. The molecule has 1 aliphatic rings. The van der Waals surface area contributed by atoms with Crippen LogP contribution in [-0.4, -0.2) is 24.4 Å². The van der Waals surface area contributed by atoms with Crippen molar-refractivity contribution in [3.8, 4) is 11.1 Å². The maximum Gasteiger partial charge on any atom is 0.251 e. The van der Waals surface area contributed by atoms with Crippen LogP contribution in [0.5, 0.6) is 0 Å². The Balaban J connectivity index is 1.82. The summed E-state index contributed by atoms with van der Waals surface area (Å²) >= 11 is 0. The van der Waals surface area contributed by atoms with Crippen LogP contribution in [0.3, 0.4) is 0 Å². The number of amides is 2. The number of hydrogen-bond donors (Lipinski definition) is 1. The fraction of sp³-hybridized carbons (Fsp3) is 0.333. The van der Waals surface area contributed by atoms with Gasteiger partial charge in [-0.1, -0.05) is 25.1 Å². The van der Waals surface area contributed by atoms with Gasteiger partial charge in [0.25, 0.3) is 5.91 Å². The molecule has 4 heteroatoms. The van der Waals surface area contributed by atoms with E-state index in [1.54, 1.807) is 0 Å². The molecule has 130 valence electrons. The van der Waals surface area contributed by atoms with Crippen molar-refractivity contribution in [1.82, 2.24) is 5.32 Å². The Kier molecular flexibility index (Phi) is 4.88. The van der Waals surface area contributed by atoms with Crippen molar-refractivity contribution in [1.29, 1.82) is 0 Å². The van der Waals surface area contributed by atoms with Crippen LogP contribution in [0, 0.1) is 0 Å². The van der Waals surface area contributed by atoms with Gasteiger partial charge >= 0.3 is 0 Å². The van der Waals surface area contributed by atoms with E-state index in [0.717, 1.165) is 29.8 Å². The zero-order valence-corrected chi connectivity index (χ0v) is 15.0. The highest BCUT2D eigenvalue weighted by Crippen LogP contribution is 2.32. The highest BCUT2D eigenvalue weighted by Gasteiger charge is 2.23. The van der Waals surface area contributed by atoms with Crippen molar-refractivity contribution in [2.75, 3.05) is 11.4 Å². The third-order valence-electron chi connectivity index (χ3n) is 4.48. The lowest BCUT2D eigenvalue weighted by Gasteiger charge is -2.16. The van der Waals surface area contributed by atoms with E-state index < -0.39 is 0 Å². The molecule has 2 aromatic carbocycles. The molecule has 25 heavy (non-hydrogen) atoms. The monoisotopic (exact) mass is 336 g/mol. The van der Waals surface area contributed by atoms with Crippen molar-refractivity contribution < 1.29 is 9.59 Å². The van der Waals surface area contributed by atoms with Gasteiger partial charge in [-0.05, 0) is 61.2 Å². The first-order valence-electron chi connectivity index (χ1n) is 8.84. The van der Waals surface area contributed by atoms with E-state index in [4.69, 9.17) is 0 Å². The van der Waals surface area contributed by atoms with Crippen molar-refractivity contribution >= 4 is 17.5 Å². The van der Waals surface area contributed by atoms with Crippen molar-refractivity contribution in [2.24, 2.45) is 0 Å². The third-order valence-corrected chi connectivity index (χ3v) is 4.48. The van der Waals surface area contributed by atoms with Crippen LogP contribution < -0.4 is 10.2 Å². The second-order valence-electron chi connectivity index (χ2n) is 6.70. The van der Waals surface area contributed by atoms with Crippen molar-refractivity contribution in [3.63, 3.8) is 0 Å². The maximum absolute atomic E-state index is 12.0. The van der Waals surface area contributed by atoms with Gasteiger partial charge < -0.3 is 10.2 Å². The number of carbonyl (C=O) groups is 2. The zero-order chi connectivity index (χ0) is 18.0. The quantitative estimate of drug-likeness (QED) is 0.923. The van der Waals surface area contributed by atoms with Crippen LogP contribution in [0.4, 0.5) is 5.69 Å². The first-order chi connectivity index (χ1) is 12.0. The first-order valence-corrected chi connectivity index (χ1v) is 8.84. The summed E-state index contributed by atoms with van der Waals surface area (Å²) in [5.74, 6) is 0.122. The number of benzene rings is 2. The van der Waals surface area contributed by atoms with Crippen LogP contribution >= 0.6 is 0 Å². The van der Waals surface area contributed by atoms with E-state index in [9.17, 15) is 9.59 Å². The van der Waals surface area contributed by atoms with Crippen LogP contribution in [0.15, 0.2) is 42.5 Å². The van der Waals surface area contributed by atoms with Gasteiger partial charge in [0, 0.05) is 30.3 Å². The Bertz CT molecular complexity index is 794. The smallest absolute Gasteiger partial charge is 0.251 e. The molecule has 0 saturated carbocycles. The second kappa shape index (κ2) is 7.09. The summed E-state index contributed by atoms with van der Waals surface area (Å²) in [7, 11) is 0. The minimum absolute atomic E-state index is 0.0516. The molecule has 2 amide bonds. The molecule has 1 aliphatic heterocycles. The summed E-state index contributed by atoms with van der Waals surface area (Å²) in [6.45, 7) is 6.55. The molecule has 1 heterocycles. The molecule has 0 saturated heterocycles. The highest BCUT2D eigenvalue weighted by atomic mass is 16.2. The number of nitrogens with zero attached hydrogens (tertiary/aromatic N) is 1. The summed E-state index contributed by atoms with van der Waals surface area (Å²) in [5, 5.41) is 2.90. The minimum atomic E-state index is -0.0516. The molecule has 0 bridgehead atoms. The lowest BCUT2D eigenvalue weighted by Crippen LogP contribution is -2.29. The Hall–Kier alpha value is -2.62. The van der Waals surface area contributed by atoms with Gasteiger partial charge in [0.2, 0.25) is 5.91 Å². The normalized spacial score (nSPS) is 13.0. The number of carbonyl (C=O) groups excluding carboxylic acids is 2. The Morgan fingerprint density at radius 1 is 1.08 bits per heavy atom. The Morgan fingerprint density at radius 2 is 1.76 bits per heavy atom. The molecule has 0 atom stereocenters. The van der Waals surface area contributed by atoms with Crippen LogP contribution in [0.25, 0.3) is 11.1 Å². The lowest BCUT2D eigenvalue weighted by atomic mass is 10.0. The lowest BCUT2D eigenvalue weighted by molar-refractivity contribution is -0.118. The molecule has 1 N–H and O–H groups in total. The van der Waals surface area contributed by atoms with Crippen molar-refractivity contribution in [2.45, 2.75) is 39.7 Å². The Morgan fingerprint density at radius 3 is 2.40 bits per heavy atom. The fourth-order valence-electron chi connectivity index (χ4n) is 3.19. The SMILES string of the molecule is CCC(=O)N1CCc2cc(-c3ccc(C(=O)NC(C)C)cc3)ccc21. The van der Waals surface area contributed by atoms with Gasteiger partial charge in [0.1, 0.15) is 0 Å². The molecule has 2 aromatic rings. The van der Waals surface area contributed by atoms with Gasteiger partial charge in [-0.2, -0.15) is 0 Å². The average Bonchev–Trinajstić information content (AvgIpc) is 3.03. The van der Waals surface area contributed by atoms with Crippen molar-refractivity contribution in [3.05, 3.63) is 53.6 Å². The number of rotatable bonds is 4. The molecular formula is C21H24N2O2. The zero-order valence-electron chi connectivity index (χ0n) is 15.0. The summed E-state index contributed by atoms with van der Waals surface area (Å²) in [5.41, 5.74) is 5.09. The molecule has 0 aromatic heterocycles. The number of anilines is 1. The van der Waals surface area contributed by atoms with Gasteiger partial charge in [0.15, 0.2) is 0 Å². The van der Waals surface area contributed by atoms with Gasteiger partial charge in [-0.3, -0.25) is 9.59 Å². The average molecular weight is 336 g/mol. The minimum Gasteiger partial charge on any atom is -0.350 e. The van der Waals surface area contributed by atoms with E-state index in [-0.39, 0.29) is 17.9 Å². The van der Waals surface area contributed by atoms with Crippen LogP contribution in [0.1, 0.15) is 43.1 Å². The van der Waals surface area contributed by atoms with E-state index in [0.29, 0.717) is 12.0 Å². The topological polar surface area (TPSA) is 49.4 Å². The number of fused-ring (bicyclic) bond motifs is 1. The van der Waals surface area contributed by atoms with Gasteiger partial charge in [-0.15, -0.1) is 0 Å². The molecule has 0 radical (unpaired) electrons. The summed E-state index contributed by atoms with van der Waals surface area (Å²) < 4.78 is 0. The number of hydrogen-bond acceptors (Lipinski definition) is 2. The molecule has 4 nitrogen and oxygen atoms in total. The predicted octanol–water partition coefficient (Wildman–Crippen LogP) is 3.79. The summed E-state index contributed by atoms with van der Waals surface area (Å²) in [6.07, 6.45) is 1.42. The molecule has 0 unspecified atom stereocenters. The van der Waals surface area contributed by atoms with E-state index in [1.165, 1.54) is 5.56 Å². The Labute approximate surface area is 148 Å². The first kappa shape index (κ1) is 17.2. The second-order valence-corrected chi connectivity index (χ2v) is 6.70. The summed E-state index contributed by atoms with van der Waals surface area (Å²) in [6, 6.07) is 14.0. The van der Waals surface area contributed by atoms with E-state index in [1.807, 2.05) is 62.1 Å². The summed E-state index contributed by atoms with van der Waals surface area (Å²) in [4.78, 5) is 25.9. The van der Waals surface area contributed by atoms with Crippen LogP contribution in [0.2, 0.25) is 0 Å². The predicted molar refractivity (Wildman–Crippen MR) is 101 cm³/mol. The van der Waals surface area contributed by atoms with Crippen LogP contribution in [-0.2, 0) is 11.2 Å². The largest absolute Gasteiger partial charge is 0.350 e. The standard InChI is InChI=1S/C21H24N2O2/c1-4-20(24)23-12-11-18-13-17(9-10-19(18)23)15-5-7-16(8-6-15)21(25)22-14(2)3/h5-10,13-14H,4,11-12H2,1-3H3,(H,22,25). The van der Waals surface area contributed by atoms with Gasteiger partial charge in [0.05, 0.1) is 0 Å². The molecule has 0 aliphatic carbocycles. The molecular weight excluding hydrogens is 312 g/mol. The maximum atomic E-state index is 12.0. The fourth-order valence-corrected chi connectivity index (χ4v) is 3.19. The number of nitrogens with one attached hydrogen (secondary N) is 1. The molecule has 3 rings (SSSR count). The molecule has 0 fully saturated rings. The van der Waals surface area contributed by atoms with E-state index in [2.05, 4.69) is 11.4 Å². The van der Waals surface area contributed by atoms with Gasteiger partial charge in [-0.25, -0.2) is 0 Å². The molecule has 0 spiro atoms. The highest BCUT2D eigenvalue weighted by molar-refractivity contribution is 5.96.